The molecule has 3 N–H and O–H groups in total. The van der Waals surface area contributed by atoms with Crippen LogP contribution in [0.1, 0.15) is 18.0 Å². The van der Waals surface area contributed by atoms with E-state index in [-0.39, 0.29) is 22.7 Å². The van der Waals surface area contributed by atoms with Gasteiger partial charge in [0.15, 0.2) is 0 Å². The number of nitrogens with zero attached hydrogens (tertiary/aromatic N) is 1. The second-order valence-electron chi connectivity index (χ2n) is 3.17. The molecule has 0 fully saturated rings. The van der Waals surface area contributed by atoms with Crippen molar-refractivity contribution in [1.82, 2.24) is 0 Å². The molecule has 0 aliphatic carbocycles. The van der Waals surface area contributed by atoms with E-state index in [0.29, 0.717) is 0 Å². The van der Waals surface area contributed by atoms with Crippen molar-refractivity contribution in [1.29, 1.82) is 0 Å². The fourth-order valence-electron chi connectivity index (χ4n) is 1.23. The average Bonchev–Trinajstić information content (AvgIpc) is 2.16. The van der Waals surface area contributed by atoms with E-state index in [0.717, 1.165) is 0 Å². The molecule has 0 spiro atoms. The van der Waals surface area contributed by atoms with Crippen LogP contribution in [0, 0.1) is 10.1 Å². The van der Waals surface area contributed by atoms with Gasteiger partial charge in [-0.2, -0.15) is 0 Å². The molecule has 1 rings (SSSR count). The zero-order valence-corrected chi connectivity index (χ0v) is 8.85. The molecular weight excluding hydrogens is 236 g/mol. The number of benzene rings is 1. The maximum atomic E-state index is 10.5. The molecule has 0 saturated carbocycles. The maximum absolute atomic E-state index is 10.5. The van der Waals surface area contributed by atoms with E-state index in [1.807, 2.05) is 0 Å². The first-order chi connectivity index (χ1) is 7.41. The molecule has 0 radical (unpaired) electrons. The van der Waals surface area contributed by atoms with Crippen molar-refractivity contribution in [2.75, 3.05) is 0 Å². The Hall–Kier alpha value is -1.66. The normalized spacial score (nSPS) is 12.1. The minimum Gasteiger partial charge on any atom is -0.481 e. The third-order valence-corrected chi connectivity index (χ3v) is 2.33. The van der Waals surface area contributed by atoms with Gasteiger partial charge in [-0.05, 0) is 11.6 Å². The second kappa shape index (κ2) is 4.91. The largest absolute Gasteiger partial charge is 0.481 e. The molecule has 0 heterocycles. The van der Waals surface area contributed by atoms with Crippen molar-refractivity contribution in [2.24, 2.45) is 5.73 Å². The first-order valence-electron chi connectivity index (χ1n) is 4.33. The van der Waals surface area contributed by atoms with E-state index in [1.165, 1.54) is 18.2 Å². The van der Waals surface area contributed by atoms with Gasteiger partial charge in [-0.3, -0.25) is 14.9 Å². The summed E-state index contributed by atoms with van der Waals surface area (Å²) in [5.74, 6) is -1.09. The SMILES string of the molecule is N[C@H](CC(=O)O)c1cc([N+](=O)[O-])ccc1Cl. The number of nitro benzene ring substituents is 1. The Labute approximate surface area is 95.8 Å². The Morgan fingerprint density at radius 2 is 2.25 bits per heavy atom. The zero-order valence-electron chi connectivity index (χ0n) is 8.09. The number of rotatable bonds is 4. The monoisotopic (exact) mass is 244 g/mol. The lowest BCUT2D eigenvalue weighted by Gasteiger charge is -2.10. The molecule has 1 aromatic carbocycles. The third kappa shape index (κ3) is 2.91. The molecule has 0 saturated heterocycles. The highest BCUT2D eigenvalue weighted by molar-refractivity contribution is 6.31. The average molecular weight is 245 g/mol. The molecule has 0 unspecified atom stereocenters. The molecule has 16 heavy (non-hydrogen) atoms. The topological polar surface area (TPSA) is 106 Å². The number of aliphatic carboxylic acids is 1. The number of carbonyl (C=O) groups is 1. The Kier molecular flexibility index (Phi) is 3.81. The summed E-state index contributed by atoms with van der Waals surface area (Å²) in [6.45, 7) is 0. The van der Waals surface area contributed by atoms with Crippen LogP contribution in [0.25, 0.3) is 0 Å². The van der Waals surface area contributed by atoms with Gasteiger partial charge in [-0.15, -0.1) is 0 Å². The molecule has 0 amide bonds. The van der Waals surface area contributed by atoms with Crippen LogP contribution < -0.4 is 5.73 Å². The van der Waals surface area contributed by atoms with E-state index in [2.05, 4.69) is 0 Å². The Morgan fingerprint density at radius 1 is 1.62 bits per heavy atom. The summed E-state index contributed by atoms with van der Waals surface area (Å²) < 4.78 is 0. The van der Waals surface area contributed by atoms with Gasteiger partial charge in [-0.1, -0.05) is 11.6 Å². The van der Waals surface area contributed by atoms with Gasteiger partial charge in [0, 0.05) is 23.2 Å². The third-order valence-electron chi connectivity index (χ3n) is 1.98. The van der Waals surface area contributed by atoms with Crippen molar-refractivity contribution in [3.8, 4) is 0 Å². The molecular formula is C9H9ClN2O4. The van der Waals surface area contributed by atoms with Crippen molar-refractivity contribution in [2.45, 2.75) is 12.5 Å². The fourth-order valence-corrected chi connectivity index (χ4v) is 1.48. The summed E-state index contributed by atoms with van der Waals surface area (Å²) in [7, 11) is 0. The van der Waals surface area contributed by atoms with Crippen LogP contribution in [0.2, 0.25) is 5.02 Å². The van der Waals surface area contributed by atoms with Crippen molar-refractivity contribution >= 4 is 23.3 Å². The predicted molar refractivity (Wildman–Crippen MR) is 57.3 cm³/mol. The summed E-state index contributed by atoms with van der Waals surface area (Å²) in [6.07, 6.45) is -0.332. The highest BCUT2D eigenvalue weighted by Gasteiger charge is 2.17. The number of non-ortho nitro benzene ring substituents is 1. The van der Waals surface area contributed by atoms with Crippen molar-refractivity contribution < 1.29 is 14.8 Å². The van der Waals surface area contributed by atoms with Crippen molar-refractivity contribution in [3.63, 3.8) is 0 Å². The lowest BCUT2D eigenvalue weighted by Crippen LogP contribution is -2.15. The molecule has 6 nitrogen and oxygen atoms in total. The van der Waals surface area contributed by atoms with Crippen LogP contribution in [-0.2, 0) is 4.79 Å². The fraction of sp³-hybridized carbons (Fsp3) is 0.222. The zero-order chi connectivity index (χ0) is 12.3. The first-order valence-corrected chi connectivity index (χ1v) is 4.71. The van der Waals surface area contributed by atoms with Crippen LogP contribution in [0.5, 0.6) is 0 Å². The van der Waals surface area contributed by atoms with Crippen LogP contribution >= 0.6 is 11.6 Å². The molecule has 0 aromatic heterocycles. The molecule has 1 aromatic rings. The summed E-state index contributed by atoms with van der Waals surface area (Å²) >= 11 is 5.78. The van der Waals surface area contributed by atoms with E-state index in [4.69, 9.17) is 22.4 Å². The molecule has 0 aliphatic rings. The number of halogens is 1. The van der Waals surface area contributed by atoms with Gasteiger partial charge in [0.25, 0.3) is 5.69 Å². The molecule has 7 heteroatoms. The van der Waals surface area contributed by atoms with E-state index < -0.39 is 16.9 Å². The predicted octanol–water partition coefficient (Wildman–Crippen LogP) is 1.72. The van der Waals surface area contributed by atoms with Gasteiger partial charge in [0.2, 0.25) is 0 Å². The Bertz CT molecular complexity index is 436. The molecule has 0 aliphatic heterocycles. The Morgan fingerprint density at radius 3 is 2.75 bits per heavy atom. The number of hydrogen-bond acceptors (Lipinski definition) is 4. The van der Waals surface area contributed by atoms with Gasteiger partial charge in [0.05, 0.1) is 11.3 Å². The lowest BCUT2D eigenvalue weighted by atomic mass is 10.0. The van der Waals surface area contributed by atoms with Crippen LogP contribution in [0.4, 0.5) is 5.69 Å². The summed E-state index contributed by atoms with van der Waals surface area (Å²) in [6, 6.07) is 2.90. The highest BCUT2D eigenvalue weighted by atomic mass is 35.5. The van der Waals surface area contributed by atoms with E-state index in [1.54, 1.807) is 0 Å². The minimum absolute atomic E-state index is 0.166. The second-order valence-corrected chi connectivity index (χ2v) is 3.57. The minimum atomic E-state index is -1.09. The Balaban J connectivity index is 3.06. The smallest absolute Gasteiger partial charge is 0.305 e. The maximum Gasteiger partial charge on any atom is 0.305 e. The summed E-state index contributed by atoms with van der Waals surface area (Å²) in [5.41, 5.74) is 5.67. The number of hydrogen-bond donors (Lipinski definition) is 2. The van der Waals surface area contributed by atoms with Gasteiger partial charge < -0.3 is 10.8 Å². The summed E-state index contributed by atoms with van der Waals surface area (Å²) in [5, 5.41) is 19.3. The highest BCUT2D eigenvalue weighted by Crippen LogP contribution is 2.27. The van der Waals surface area contributed by atoms with Crippen LogP contribution in [0.3, 0.4) is 0 Å². The summed E-state index contributed by atoms with van der Waals surface area (Å²) in [4.78, 5) is 20.4. The standard InChI is InChI=1S/C9H9ClN2O4/c10-7-2-1-5(12(15)16)3-6(7)8(11)4-9(13)14/h1-3,8H,4,11H2,(H,13,14)/t8-/m1/s1. The number of nitrogens with two attached hydrogens (primary N) is 1. The lowest BCUT2D eigenvalue weighted by molar-refractivity contribution is -0.384. The number of carboxylic acid groups (broad SMARTS) is 1. The molecule has 86 valence electrons. The molecule has 1 atom stereocenters. The quantitative estimate of drug-likeness (QED) is 0.619. The van der Waals surface area contributed by atoms with E-state index >= 15 is 0 Å². The van der Waals surface area contributed by atoms with Crippen molar-refractivity contribution in [3.05, 3.63) is 38.9 Å². The van der Waals surface area contributed by atoms with Gasteiger partial charge >= 0.3 is 5.97 Å². The number of carboxylic acids is 1. The van der Waals surface area contributed by atoms with Crippen LogP contribution in [0.15, 0.2) is 18.2 Å². The van der Waals surface area contributed by atoms with Gasteiger partial charge in [-0.25, -0.2) is 0 Å². The number of nitro groups is 1. The van der Waals surface area contributed by atoms with E-state index in [9.17, 15) is 14.9 Å². The van der Waals surface area contributed by atoms with Crippen LogP contribution in [-0.4, -0.2) is 16.0 Å². The van der Waals surface area contributed by atoms with Gasteiger partial charge in [0.1, 0.15) is 0 Å². The molecule has 0 bridgehead atoms. The first kappa shape index (κ1) is 12.4.